The van der Waals surface area contributed by atoms with Crippen LogP contribution in [0.25, 0.3) is 0 Å². The lowest BCUT2D eigenvalue weighted by Gasteiger charge is -2.36. The first kappa shape index (κ1) is 19.2. The molecule has 0 radical (unpaired) electrons. The number of piperazine rings is 1. The first-order valence-electron chi connectivity index (χ1n) is 8.91. The van der Waals surface area contributed by atoms with Crippen LogP contribution in [-0.4, -0.2) is 51.1 Å². The molecule has 144 valence electrons. The number of methoxy groups -OCH3 is 1. The third kappa shape index (κ3) is 4.40. The Labute approximate surface area is 162 Å². The van der Waals surface area contributed by atoms with E-state index in [-0.39, 0.29) is 11.9 Å². The van der Waals surface area contributed by atoms with Gasteiger partial charge in [0.2, 0.25) is 0 Å². The Morgan fingerprint density at radius 1 is 1.22 bits per heavy atom. The normalized spacial score (nSPS) is 16.0. The standard InChI is InChI=1S/C19H24N4O3S/c1-13(18(25)21-19-16(17(20)24)7-12-27-19)22-8-10-23(11-9-22)14-3-5-15(26-2)6-4-14/h3-7,12-13H,8-11H2,1-2H3,(H2,20,24)(H,21,25)/p+1/t13-/m0/s1. The maximum absolute atomic E-state index is 12.6. The topological polar surface area (TPSA) is 89.1 Å². The van der Waals surface area contributed by atoms with E-state index in [4.69, 9.17) is 10.5 Å². The van der Waals surface area contributed by atoms with Gasteiger partial charge in [0.05, 0.1) is 38.9 Å². The van der Waals surface area contributed by atoms with Crippen LogP contribution in [0.1, 0.15) is 17.3 Å². The molecule has 0 bridgehead atoms. The summed E-state index contributed by atoms with van der Waals surface area (Å²) in [5.74, 6) is 0.227. The van der Waals surface area contributed by atoms with Crippen LogP contribution in [0.5, 0.6) is 5.75 Å². The molecule has 27 heavy (non-hydrogen) atoms. The van der Waals surface area contributed by atoms with Crippen LogP contribution in [0.4, 0.5) is 10.7 Å². The van der Waals surface area contributed by atoms with Crippen molar-refractivity contribution in [2.75, 3.05) is 43.5 Å². The second kappa shape index (κ2) is 8.41. The van der Waals surface area contributed by atoms with Crippen molar-refractivity contribution in [2.24, 2.45) is 5.73 Å². The second-order valence-corrected chi connectivity index (χ2v) is 7.50. The van der Waals surface area contributed by atoms with Crippen LogP contribution in [0, 0.1) is 0 Å². The quantitative estimate of drug-likeness (QED) is 0.675. The Bertz CT molecular complexity index is 798. The van der Waals surface area contributed by atoms with Crippen LogP contribution in [0.15, 0.2) is 35.7 Å². The van der Waals surface area contributed by atoms with Gasteiger partial charge in [-0.3, -0.25) is 9.59 Å². The molecule has 2 amide bonds. The predicted molar refractivity (Wildman–Crippen MR) is 107 cm³/mol. The Morgan fingerprint density at radius 3 is 2.48 bits per heavy atom. The number of nitrogens with two attached hydrogens (primary N) is 1. The number of nitrogens with zero attached hydrogens (tertiary/aromatic N) is 1. The first-order chi connectivity index (χ1) is 13.0. The molecule has 1 aliphatic rings. The fourth-order valence-electron chi connectivity index (χ4n) is 3.28. The molecule has 0 spiro atoms. The molecule has 1 aromatic carbocycles. The van der Waals surface area contributed by atoms with Crippen LogP contribution in [-0.2, 0) is 4.79 Å². The minimum atomic E-state index is -0.528. The fourth-order valence-corrected chi connectivity index (χ4v) is 4.08. The molecular formula is C19H25N4O3S+. The summed E-state index contributed by atoms with van der Waals surface area (Å²) in [6, 6.07) is 9.47. The number of primary amides is 1. The van der Waals surface area contributed by atoms with Gasteiger partial charge in [0.15, 0.2) is 6.04 Å². The van der Waals surface area contributed by atoms with E-state index < -0.39 is 5.91 Å². The van der Waals surface area contributed by atoms with Crippen molar-refractivity contribution in [3.8, 4) is 5.75 Å². The molecule has 0 aliphatic carbocycles. The molecule has 7 nitrogen and oxygen atoms in total. The summed E-state index contributed by atoms with van der Waals surface area (Å²) in [6.45, 7) is 5.42. The molecule has 1 aromatic heterocycles. The van der Waals surface area contributed by atoms with E-state index in [9.17, 15) is 9.59 Å². The highest BCUT2D eigenvalue weighted by Gasteiger charge is 2.30. The minimum absolute atomic E-state index is 0.0900. The average molecular weight is 390 g/mol. The van der Waals surface area contributed by atoms with Crippen molar-refractivity contribution >= 4 is 33.8 Å². The van der Waals surface area contributed by atoms with Crippen LogP contribution >= 0.6 is 11.3 Å². The monoisotopic (exact) mass is 389 g/mol. The van der Waals surface area contributed by atoms with E-state index in [1.54, 1.807) is 18.6 Å². The van der Waals surface area contributed by atoms with E-state index in [0.717, 1.165) is 37.6 Å². The summed E-state index contributed by atoms with van der Waals surface area (Å²) in [5, 5.41) is 5.13. The Morgan fingerprint density at radius 2 is 1.89 bits per heavy atom. The summed E-state index contributed by atoms with van der Waals surface area (Å²) >= 11 is 1.31. The summed E-state index contributed by atoms with van der Waals surface area (Å²) in [7, 11) is 1.66. The Kier molecular flexibility index (Phi) is 5.98. The fraction of sp³-hybridized carbons (Fsp3) is 0.368. The molecule has 2 aromatic rings. The number of carbonyl (C=O) groups is 2. The largest absolute Gasteiger partial charge is 0.497 e. The van der Waals surface area contributed by atoms with Crippen molar-refractivity contribution in [3.05, 3.63) is 41.3 Å². The maximum atomic E-state index is 12.6. The highest BCUT2D eigenvalue weighted by atomic mass is 32.1. The number of hydrogen-bond acceptors (Lipinski definition) is 5. The molecule has 0 unspecified atom stereocenters. The van der Waals surface area contributed by atoms with Gasteiger partial charge in [0.25, 0.3) is 11.8 Å². The zero-order valence-corrected chi connectivity index (χ0v) is 16.3. The van der Waals surface area contributed by atoms with Crippen molar-refractivity contribution in [3.63, 3.8) is 0 Å². The summed E-state index contributed by atoms with van der Waals surface area (Å²) in [4.78, 5) is 27.6. The SMILES string of the molecule is COc1ccc(N2CC[NH+]([C@@H](C)C(=O)Nc3sccc3C(N)=O)CC2)cc1. The van der Waals surface area contributed by atoms with Gasteiger partial charge in [0, 0.05) is 5.69 Å². The van der Waals surface area contributed by atoms with Gasteiger partial charge in [-0.25, -0.2) is 0 Å². The van der Waals surface area contributed by atoms with Gasteiger partial charge in [0.1, 0.15) is 10.8 Å². The summed E-state index contributed by atoms with van der Waals surface area (Å²) in [6.07, 6.45) is 0. The number of nitrogens with one attached hydrogen (secondary N) is 2. The molecular weight excluding hydrogens is 364 g/mol. The number of anilines is 2. The number of benzene rings is 1. The third-order valence-electron chi connectivity index (χ3n) is 5.02. The lowest BCUT2D eigenvalue weighted by molar-refractivity contribution is -0.914. The van der Waals surface area contributed by atoms with Crippen molar-refractivity contribution in [2.45, 2.75) is 13.0 Å². The number of rotatable bonds is 6. The van der Waals surface area contributed by atoms with Crippen molar-refractivity contribution in [1.29, 1.82) is 0 Å². The van der Waals surface area contributed by atoms with Gasteiger partial charge >= 0.3 is 0 Å². The highest BCUT2D eigenvalue weighted by molar-refractivity contribution is 7.14. The van der Waals surface area contributed by atoms with Gasteiger partial charge in [-0.1, -0.05) is 0 Å². The van der Waals surface area contributed by atoms with Gasteiger partial charge in [-0.15, -0.1) is 11.3 Å². The molecule has 1 saturated heterocycles. The predicted octanol–water partition coefficient (Wildman–Crippen LogP) is 0.588. The molecule has 1 fully saturated rings. The van der Waals surface area contributed by atoms with E-state index in [0.29, 0.717) is 10.6 Å². The van der Waals surface area contributed by atoms with Crippen LogP contribution in [0.2, 0.25) is 0 Å². The van der Waals surface area contributed by atoms with Crippen molar-refractivity contribution < 1.29 is 19.2 Å². The number of quaternary nitrogens is 1. The number of amides is 2. The molecule has 2 heterocycles. The first-order valence-corrected chi connectivity index (χ1v) is 9.79. The van der Waals surface area contributed by atoms with E-state index in [2.05, 4.69) is 22.3 Å². The number of hydrogen-bond donors (Lipinski definition) is 3. The van der Waals surface area contributed by atoms with Crippen molar-refractivity contribution in [1.82, 2.24) is 0 Å². The highest BCUT2D eigenvalue weighted by Crippen LogP contribution is 2.22. The van der Waals surface area contributed by atoms with Gasteiger partial charge in [-0.2, -0.15) is 0 Å². The second-order valence-electron chi connectivity index (χ2n) is 6.58. The average Bonchev–Trinajstić information content (AvgIpc) is 3.16. The molecule has 1 atom stereocenters. The Hall–Kier alpha value is -2.58. The zero-order valence-electron chi connectivity index (χ0n) is 15.5. The molecule has 8 heteroatoms. The van der Waals surface area contributed by atoms with E-state index >= 15 is 0 Å². The molecule has 4 N–H and O–H groups in total. The van der Waals surface area contributed by atoms with Gasteiger partial charge < -0.3 is 25.6 Å². The third-order valence-corrected chi connectivity index (χ3v) is 5.85. The lowest BCUT2D eigenvalue weighted by Crippen LogP contribution is -3.19. The lowest BCUT2D eigenvalue weighted by atomic mass is 10.2. The molecule has 3 rings (SSSR count). The maximum Gasteiger partial charge on any atom is 0.282 e. The van der Waals surface area contributed by atoms with E-state index in [1.165, 1.54) is 16.2 Å². The molecule has 1 aliphatic heterocycles. The number of carbonyl (C=O) groups excluding carboxylic acids is 2. The minimum Gasteiger partial charge on any atom is -0.497 e. The van der Waals surface area contributed by atoms with Crippen LogP contribution < -0.4 is 25.6 Å². The summed E-state index contributed by atoms with van der Waals surface area (Å²) in [5.41, 5.74) is 6.86. The number of ether oxygens (including phenoxy) is 1. The van der Waals surface area contributed by atoms with E-state index in [1.807, 2.05) is 19.1 Å². The molecule has 0 saturated carbocycles. The zero-order chi connectivity index (χ0) is 19.4. The Balaban J connectivity index is 1.55. The van der Waals surface area contributed by atoms with Gasteiger partial charge in [-0.05, 0) is 42.6 Å². The van der Waals surface area contributed by atoms with Crippen LogP contribution in [0.3, 0.4) is 0 Å². The summed E-state index contributed by atoms with van der Waals surface area (Å²) < 4.78 is 5.20. The number of thiophene rings is 1. The smallest absolute Gasteiger partial charge is 0.282 e.